The van der Waals surface area contributed by atoms with E-state index < -0.39 is 0 Å². The molecule has 1 fully saturated rings. The van der Waals surface area contributed by atoms with Gasteiger partial charge in [-0.1, -0.05) is 48.5 Å². The summed E-state index contributed by atoms with van der Waals surface area (Å²) in [6.07, 6.45) is 2.21. The third kappa shape index (κ3) is 6.17. The van der Waals surface area contributed by atoms with Gasteiger partial charge in [0.25, 0.3) is 0 Å². The highest BCUT2D eigenvalue weighted by Crippen LogP contribution is 2.34. The Bertz CT molecular complexity index is 631. The number of nitrogens with zero attached hydrogens (tertiary/aromatic N) is 2. The molecule has 1 saturated heterocycles. The minimum Gasteiger partial charge on any atom is -0.508 e. The maximum absolute atomic E-state index is 10.3. The Morgan fingerprint density at radius 2 is 1.50 bits per heavy atom. The van der Waals surface area contributed by atoms with Crippen molar-refractivity contribution in [3.8, 4) is 5.75 Å². The van der Waals surface area contributed by atoms with E-state index in [9.17, 15) is 5.11 Å². The van der Waals surface area contributed by atoms with Gasteiger partial charge in [-0.3, -0.25) is 0 Å². The molecule has 2 aromatic carbocycles. The Morgan fingerprint density at radius 1 is 0.885 bits per heavy atom. The lowest BCUT2D eigenvalue weighted by molar-refractivity contribution is 0.151. The maximum Gasteiger partial charge on any atom is 0.119 e. The van der Waals surface area contributed by atoms with Crippen molar-refractivity contribution in [3.63, 3.8) is 0 Å². The molecule has 1 aliphatic rings. The fourth-order valence-corrected chi connectivity index (χ4v) is 3.56. The number of hydrogen-bond acceptors (Lipinski definition) is 3. The number of rotatable bonds is 6. The zero-order valence-corrected chi connectivity index (χ0v) is 17.0. The number of hydrogen-bond donors (Lipinski definition) is 1. The molecular formula is C21H30Cl2N2O. The van der Waals surface area contributed by atoms with Crippen molar-refractivity contribution in [2.45, 2.75) is 18.8 Å². The van der Waals surface area contributed by atoms with Crippen molar-refractivity contribution in [3.05, 3.63) is 65.7 Å². The van der Waals surface area contributed by atoms with E-state index in [4.69, 9.17) is 0 Å². The lowest BCUT2D eigenvalue weighted by atomic mass is 9.87. The van der Waals surface area contributed by atoms with Crippen LogP contribution in [0.15, 0.2) is 54.6 Å². The molecular weight excluding hydrogens is 367 g/mol. The second-order valence-electron chi connectivity index (χ2n) is 6.81. The van der Waals surface area contributed by atoms with E-state index >= 15 is 0 Å². The maximum atomic E-state index is 10.3. The quantitative estimate of drug-likeness (QED) is 0.783. The van der Waals surface area contributed by atoms with Crippen LogP contribution in [-0.2, 0) is 0 Å². The summed E-state index contributed by atoms with van der Waals surface area (Å²) in [6, 6.07) is 18.3. The number of phenolic OH excluding ortho intramolecular Hbond substituents is 1. The largest absolute Gasteiger partial charge is 0.508 e. The molecule has 144 valence electrons. The molecule has 1 unspecified atom stereocenters. The van der Waals surface area contributed by atoms with E-state index in [1.807, 2.05) is 12.1 Å². The third-order valence-corrected chi connectivity index (χ3v) is 5.08. The zero-order chi connectivity index (χ0) is 16.8. The second kappa shape index (κ2) is 11.5. The molecule has 5 heteroatoms. The second-order valence-corrected chi connectivity index (χ2v) is 6.81. The van der Waals surface area contributed by atoms with E-state index in [0.717, 1.165) is 24.9 Å². The van der Waals surface area contributed by atoms with Gasteiger partial charge in [0, 0.05) is 37.7 Å². The molecule has 26 heavy (non-hydrogen) atoms. The molecule has 0 saturated carbocycles. The van der Waals surface area contributed by atoms with Gasteiger partial charge in [0.2, 0.25) is 0 Å². The zero-order valence-electron chi connectivity index (χ0n) is 15.4. The highest BCUT2D eigenvalue weighted by Gasteiger charge is 2.18. The Balaban J connectivity index is 0.00000169. The molecule has 0 radical (unpaired) electrons. The first-order chi connectivity index (χ1) is 11.7. The summed E-state index contributed by atoms with van der Waals surface area (Å²) in [5.41, 5.74) is 2.33. The van der Waals surface area contributed by atoms with Crippen LogP contribution in [0, 0.1) is 0 Å². The molecule has 2 aromatic rings. The van der Waals surface area contributed by atoms with Crippen LogP contribution < -0.4 is 0 Å². The van der Waals surface area contributed by atoms with Gasteiger partial charge in [-0.05, 0) is 38.1 Å². The van der Waals surface area contributed by atoms with Gasteiger partial charge >= 0.3 is 0 Å². The molecule has 0 aromatic heterocycles. The summed E-state index contributed by atoms with van der Waals surface area (Å²) in [5, 5.41) is 10.3. The first-order valence-corrected chi connectivity index (χ1v) is 8.98. The molecule has 0 amide bonds. The lowest BCUT2D eigenvalue weighted by Gasteiger charge is -2.32. The van der Waals surface area contributed by atoms with Gasteiger partial charge in [-0.2, -0.15) is 0 Å². The minimum atomic E-state index is 0. The fourth-order valence-electron chi connectivity index (χ4n) is 3.56. The van der Waals surface area contributed by atoms with Crippen LogP contribution in [0.25, 0.3) is 0 Å². The van der Waals surface area contributed by atoms with Crippen LogP contribution >= 0.6 is 24.8 Å². The van der Waals surface area contributed by atoms with Crippen LogP contribution in [0.4, 0.5) is 0 Å². The van der Waals surface area contributed by atoms with Crippen LogP contribution in [0.3, 0.4) is 0 Å². The Morgan fingerprint density at radius 3 is 2.15 bits per heavy atom. The minimum absolute atomic E-state index is 0. The Hall–Kier alpha value is -1.26. The van der Waals surface area contributed by atoms with E-state index in [0.29, 0.717) is 5.75 Å². The molecule has 3 nitrogen and oxygen atoms in total. The highest BCUT2D eigenvalue weighted by molar-refractivity contribution is 5.85. The molecule has 1 aliphatic heterocycles. The van der Waals surface area contributed by atoms with Gasteiger partial charge in [0.1, 0.15) is 5.75 Å². The third-order valence-electron chi connectivity index (χ3n) is 5.08. The SMILES string of the molecule is CN1CCN(CCCC(c2ccccc2)c2ccccc2O)CC1.Cl.Cl. The van der Waals surface area contributed by atoms with Gasteiger partial charge in [0.15, 0.2) is 0 Å². The van der Waals surface area contributed by atoms with E-state index in [2.05, 4.69) is 53.2 Å². The van der Waals surface area contributed by atoms with Crippen molar-refractivity contribution >= 4 is 24.8 Å². The van der Waals surface area contributed by atoms with E-state index in [1.54, 1.807) is 6.07 Å². The Kier molecular flexibility index (Phi) is 10.0. The molecule has 3 rings (SSSR count). The normalized spacial score (nSPS) is 16.3. The molecule has 0 aliphatic carbocycles. The van der Waals surface area contributed by atoms with Gasteiger partial charge < -0.3 is 14.9 Å². The predicted octanol–water partition coefficient (Wildman–Crippen LogP) is 4.40. The van der Waals surface area contributed by atoms with Crippen molar-refractivity contribution in [2.75, 3.05) is 39.8 Å². The molecule has 0 spiro atoms. The Labute approximate surface area is 169 Å². The summed E-state index contributed by atoms with van der Waals surface area (Å²) < 4.78 is 0. The van der Waals surface area contributed by atoms with Crippen molar-refractivity contribution in [1.82, 2.24) is 9.80 Å². The average molecular weight is 397 g/mol. The van der Waals surface area contributed by atoms with Gasteiger partial charge in [0.05, 0.1) is 0 Å². The number of likely N-dealkylation sites (N-methyl/N-ethyl adjacent to an activating group) is 1. The first-order valence-electron chi connectivity index (χ1n) is 8.98. The van der Waals surface area contributed by atoms with Crippen LogP contribution in [0.2, 0.25) is 0 Å². The number of benzene rings is 2. The topological polar surface area (TPSA) is 26.7 Å². The fraction of sp³-hybridized carbons (Fsp3) is 0.429. The summed E-state index contributed by atoms with van der Waals surface area (Å²) in [5.74, 6) is 0.672. The van der Waals surface area contributed by atoms with E-state index in [1.165, 1.54) is 31.7 Å². The van der Waals surface area contributed by atoms with Gasteiger partial charge in [-0.15, -0.1) is 24.8 Å². The number of para-hydroxylation sites is 1. The van der Waals surface area contributed by atoms with E-state index in [-0.39, 0.29) is 30.7 Å². The smallest absolute Gasteiger partial charge is 0.119 e. The summed E-state index contributed by atoms with van der Waals surface area (Å²) in [6.45, 7) is 5.82. The van der Waals surface area contributed by atoms with Crippen molar-refractivity contribution in [1.29, 1.82) is 0 Å². The highest BCUT2D eigenvalue weighted by atomic mass is 35.5. The molecule has 1 heterocycles. The van der Waals surface area contributed by atoms with Crippen LogP contribution in [0.1, 0.15) is 29.9 Å². The van der Waals surface area contributed by atoms with Gasteiger partial charge in [-0.25, -0.2) is 0 Å². The van der Waals surface area contributed by atoms with Crippen LogP contribution in [-0.4, -0.2) is 54.7 Å². The summed E-state index contributed by atoms with van der Waals surface area (Å²) in [7, 11) is 2.20. The predicted molar refractivity (Wildman–Crippen MR) is 114 cm³/mol. The first kappa shape index (κ1) is 22.8. The standard InChI is InChI=1S/C21H28N2O.2ClH/c1-22-14-16-23(17-15-22)13-7-11-19(18-8-3-2-4-9-18)20-10-5-6-12-21(20)24;;/h2-6,8-10,12,19,24H,7,11,13-17H2,1H3;2*1H. The summed E-state index contributed by atoms with van der Waals surface area (Å²) >= 11 is 0. The number of halogens is 2. The monoisotopic (exact) mass is 396 g/mol. The number of aromatic hydroxyl groups is 1. The van der Waals surface area contributed by atoms with Crippen molar-refractivity contribution < 1.29 is 5.11 Å². The lowest BCUT2D eigenvalue weighted by Crippen LogP contribution is -2.44. The number of phenols is 1. The average Bonchev–Trinajstić information content (AvgIpc) is 2.62. The van der Waals surface area contributed by atoms with Crippen LogP contribution in [0.5, 0.6) is 5.75 Å². The molecule has 1 atom stereocenters. The summed E-state index contributed by atoms with van der Waals surface area (Å²) in [4.78, 5) is 4.96. The molecule has 0 bridgehead atoms. The van der Waals surface area contributed by atoms with Crippen molar-refractivity contribution in [2.24, 2.45) is 0 Å². The number of piperazine rings is 1. The molecule has 1 N–H and O–H groups in total.